The highest BCUT2D eigenvalue weighted by Crippen LogP contribution is 2.38. The fourth-order valence-corrected chi connectivity index (χ4v) is 4.65. The van der Waals surface area contributed by atoms with Gasteiger partial charge in [0.05, 0.1) is 9.83 Å². The largest absolute Gasteiger partial charge is 0.304 e. The molecule has 0 fully saturated rings. The molecular weight excluding hydrogens is 384 g/mol. The first-order valence-electron chi connectivity index (χ1n) is 5.22. The van der Waals surface area contributed by atoms with E-state index in [9.17, 15) is 0 Å². The third-order valence-electron chi connectivity index (χ3n) is 2.24. The van der Waals surface area contributed by atoms with Gasteiger partial charge in [-0.25, -0.2) is 4.98 Å². The average Bonchev–Trinajstić information content (AvgIpc) is 2.83. The van der Waals surface area contributed by atoms with Gasteiger partial charge in [-0.1, -0.05) is 6.92 Å². The summed E-state index contributed by atoms with van der Waals surface area (Å²) in [4.78, 5) is 5.85. The quantitative estimate of drug-likeness (QED) is 0.808. The van der Waals surface area contributed by atoms with Crippen LogP contribution in [0.5, 0.6) is 0 Å². The van der Waals surface area contributed by atoms with Crippen LogP contribution in [0.1, 0.15) is 28.5 Å². The van der Waals surface area contributed by atoms with E-state index in [1.807, 2.05) is 6.92 Å². The number of hydrogen-bond acceptors (Lipinski definition) is 4. The lowest BCUT2D eigenvalue weighted by atomic mass is 10.2. The first kappa shape index (κ1) is 13.7. The first-order valence-corrected chi connectivity index (χ1v) is 8.50. The lowest BCUT2D eigenvalue weighted by Gasteiger charge is -2.13. The molecule has 0 spiro atoms. The minimum Gasteiger partial charge on any atom is -0.304 e. The van der Waals surface area contributed by atoms with Crippen LogP contribution in [0.15, 0.2) is 19.7 Å². The molecule has 1 unspecified atom stereocenters. The lowest BCUT2D eigenvalue weighted by Crippen LogP contribution is -2.20. The van der Waals surface area contributed by atoms with Crippen molar-refractivity contribution in [2.24, 2.45) is 0 Å². The van der Waals surface area contributed by atoms with E-state index in [1.54, 1.807) is 22.7 Å². The molecule has 2 aromatic heterocycles. The predicted octanol–water partition coefficient (Wildman–Crippen LogP) is 4.74. The van der Waals surface area contributed by atoms with Crippen LogP contribution in [0.2, 0.25) is 0 Å². The molecular formula is C11H12Br2N2S2. The third-order valence-corrected chi connectivity index (χ3v) is 6.59. The summed E-state index contributed by atoms with van der Waals surface area (Å²) in [5.41, 5.74) is 1.09. The predicted molar refractivity (Wildman–Crippen MR) is 82.1 cm³/mol. The summed E-state index contributed by atoms with van der Waals surface area (Å²) in [6.45, 7) is 5.07. The number of aryl methyl sites for hydroxylation is 1. The van der Waals surface area contributed by atoms with E-state index in [0.29, 0.717) is 0 Å². The van der Waals surface area contributed by atoms with Gasteiger partial charge in [0.25, 0.3) is 0 Å². The van der Waals surface area contributed by atoms with Crippen molar-refractivity contribution in [1.29, 1.82) is 0 Å². The van der Waals surface area contributed by atoms with E-state index in [-0.39, 0.29) is 6.04 Å². The van der Waals surface area contributed by atoms with Crippen molar-refractivity contribution in [3.63, 3.8) is 0 Å². The Balaban J connectivity index is 2.34. The second kappa shape index (κ2) is 5.93. The topological polar surface area (TPSA) is 24.9 Å². The Bertz CT molecular complexity index is 488. The van der Waals surface area contributed by atoms with E-state index in [1.165, 1.54) is 4.88 Å². The van der Waals surface area contributed by atoms with Crippen molar-refractivity contribution >= 4 is 54.5 Å². The molecule has 17 heavy (non-hydrogen) atoms. The molecule has 0 aliphatic carbocycles. The Hall–Kier alpha value is 0.250. The summed E-state index contributed by atoms with van der Waals surface area (Å²) in [6, 6.07) is 2.35. The zero-order valence-electron chi connectivity index (χ0n) is 9.46. The van der Waals surface area contributed by atoms with Crippen molar-refractivity contribution in [2.75, 3.05) is 6.54 Å². The number of thiophene rings is 1. The number of nitrogens with zero attached hydrogens (tertiary/aromatic N) is 1. The van der Waals surface area contributed by atoms with Gasteiger partial charge in [-0.2, -0.15) is 0 Å². The zero-order valence-corrected chi connectivity index (χ0v) is 14.3. The molecule has 0 aliphatic heterocycles. The second-order valence-corrected chi connectivity index (χ2v) is 7.73. The average molecular weight is 396 g/mol. The van der Waals surface area contributed by atoms with Gasteiger partial charge < -0.3 is 5.32 Å². The molecule has 0 aliphatic rings. The Morgan fingerprint density at radius 2 is 2.24 bits per heavy atom. The number of thiazole rings is 1. The van der Waals surface area contributed by atoms with Crippen molar-refractivity contribution in [3.8, 4) is 0 Å². The molecule has 0 saturated heterocycles. The van der Waals surface area contributed by atoms with Crippen LogP contribution >= 0.6 is 54.5 Å². The fraction of sp³-hybridized carbons (Fsp3) is 0.364. The molecule has 2 heterocycles. The standard InChI is InChI=1S/C11H12Br2N2S2/c1-3-14-9(11-15-6(2)5-16-11)8-4-7(12)10(13)17-8/h4-5,9,14H,3H2,1-2H3. The van der Waals surface area contributed by atoms with Gasteiger partial charge in [-0.05, 0) is 51.4 Å². The van der Waals surface area contributed by atoms with Crippen LogP contribution in [-0.4, -0.2) is 11.5 Å². The normalized spacial score (nSPS) is 12.9. The summed E-state index contributed by atoms with van der Waals surface area (Å²) in [5, 5.41) is 6.71. The summed E-state index contributed by atoms with van der Waals surface area (Å²) < 4.78 is 2.23. The Labute approximate surface area is 126 Å². The maximum absolute atomic E-state index is 4.58. The Morgan fingerprint density at radius 1 is 1.47 bits per heavy atom. The number of aromatic nitrogens is 1. The van der Waals surface area contributed by atoms with Gasteiger partial charge in [0.15, 0.2) is 0 Å². The first-order chi connectivity index (χ1) is 8.11. The van der Waals surface area contributed by atoms with Gasteiger partial charge in [-0.3, -0.25) is 0 Å². The van der Waals surface area contributed by atoms with E-state index in [0.717, 1.165) is 25.5 Å². The van der Waals surface area contributed by atoms with E-state index >= 15 is 0 Å². The third kappa shape index (κ3) is 3.17. The maximum Gasteiger partial charge on any atom is 0.115 e. The summed E-state index contributed by atoms with van der Waals surface area (Å²) in [5.74, 6) is 0. The molecule has 92 valence electrons. The molecule has 0 radical (unpaired) electrons. The van der Waals surface area contributed by atoms with Crippen LogP contribution in [0.4, 0.5) is 0 Å². The van der Waals surface area contributed by atoms with Crippen LogP contribution in [0, 0.1) is 6.92 Å². The van der Waals surface area contributed by atoms with Crippen molar-refractivity contribution in [3.05, 3.63) is 35.3 Å². The molecule has 2 rings (SSSR count). The summed E-state index contributed by atoms with van der Waals surface area (Å²) in [7, 11) is 0. The Kier molecular flexibility index (Phi) is 4.77. The molecule has 0 saturated carbocycles. The van der Waals surface area contributed by atoms with Gasteiger partial charge >= 0.3 is 0 Å². The molecule has 2 nitrogen and oxygen atoms in total. The van der Waals surface area contributed by atoms with Gasteiger partial charge in [0.2, 0.25) is 0 Å². The minimum atomic E-state index is 0.200. The molecule has 1 atom stereocenters. The molecule has 0 aromatic carbocycles. The van der Waals surface area contributed by atoms with Crippen LogP contribution in [0.3, 0.4) is 0 Å². The fourth-order valence-electron chi connectivity index (χ4n) is 1.52. The smallest absolute Gasteiger partial charge is 0.115 e. The molecule has 1 N–H and O–H groups in total. The number of nitrogens with one attached hydrogen (secondary N) is 1. The Morgan fingerprint density at radius 3 is 2.71 bits per heavy atom. The zero-order chi connectivity index (χ0) is 12.4. The van der Waals surface area contributed by atoms with Crippen LogP contribution in [-0.2, 0) is 0 Å². The van der Waals surface area contributed by atoms with Crippen molar-refractivity contribution in [1.82, 2.24) is 10.3 Å². The maximum atomic E-state index is 4.58. The molecule has 0 amide bonds. The highest BCUT2D eigenvalue weighted by molar-refractivity contribution is 9.13. The monoisotopic (exact) mass is 394 g/mol. The van der Waals surface area contributed by atoms with Crippen LogP contribution < -0.4 is 5.32 Å². The summed E-state index contributed by atoms with van der Waals surface area (Å²) >= 11 is 10.5. The molecule has 6 heteroatoms. The number of rotatable bonds is 4. The van der Waals surface area contributed by atoms with E-state index in [4.69, 9.17) is 0 Å². The molecule has 2 aromatic rings. The highest BCUT2D eigenvalue weighted by Gasteiger charge is 2.19. The number of hydrogen-bond donors (Lipinski definition) is 1. The molecule has 0 bridgehead atoms. The summed E-state index contributed by atoms with van der Waals surface area (Å²) in [6.07, 6.45) is 0. The number of halogens is 2. The minimum absolute atomic E-state index is 0.200. The highest BCUT2D eigenvalue weighted by atomic mass is 79.9. The lowest BCUT2D eigenvalue weighted by molar-refractivity contribution is 0.635. The SMILES string of the molecule is CCNC(c1cc(Br)c(Br)s1)c1nc(C)cs1. The van der Waals surface area contributed by atoms with Gasteiger partial charge in [-0.15, -0.1) is 22.7 Å². The van der Waals surface area contributed by atoms with Crippen molar-refractivity contribution < 1.29 is 0 Å². The van der Waals surface area contributed by atoms with E-state index < -0.39 is 0 Å². The second-order valence-electron chi connectivity index (χ2n) is 3.59. The van der Waals surface area contributed by atoms with Gasteiger partial charge in [0, 0.05) is 20.4 Å². The van der Waals surface area contributed by atoms with E-state index in [2.05, 4.69) is 60.5 Å². The van der Waals surface area contributed by atoms with Crippen molar-refractivity contribution in [2.45, 2.75) is 19.9 Å². The van der Waals surface area contributed by atoms with Crippen LogP contribution in [0.25, 0.3) is 0 Å². The van der Waals surface area contributed by atoms with Gasteiger partial charge in [0.1, 0.15) is 5.01 Å².